The molecule has 4 heteroatoms. The molecule has 0 N–H and O–H groups in total. The molecular formula is C11H8Cl3S. The Balaban J connectivity index is 2.34. The van der Waals surface area contributed by atoms with Crippen LogP contribution in [-0.2, 0) is 3.79 Å². The molecule has 0 saturated heterocycles. The van der Waals surface area contributed by atoms with Gasteiger partial charge < -0.3 is 0 Å². The minimum absolute atomic E-state index is 0.396. The topological polar surface area (TPSA) is 0 Å². The highest BCUT2D eigenvalue weighted by Crippen LogP contribution is 2.45. The smallest absolute Gasteiger partial charge is 0.186 e. The fourth-order valence-electron chi connectivity index (χ4n) is 1.27. The van der Waals surface area contributed by atoms with Gasteiger partial charge in [-0.05, 0) is 22.9 Å². The normalized spacial score (nSPS) is 17.4. The molecule has 0 saturated carbocycles. The Labute approximate surface area is 107 Å². The summed E-state index contributed by atoms with van der Waals surface area (Å²) in [5.74, 6) is 0. The van der Waals surface area contributed by atoms with Crippen molar-refractivity contribution in [1.29, 1.82) is 0 Å². The van der Waals surface area contributed by atoms with Crippen LogP contribution in [0.25, 0.3) is 0 Å². The van der Waals surface area contributed by atoms with Crippen molar-refractivity contribution < 1.29 is 0 Å². The number of alkyl halides is 3. The van der Waals surface area contributed by atoms with Crippen molar-refractivity contribution in [2.24, 2.45) is 0 Å². The van der Waals surface area contributed by atoms with E-state index in [-0.39, 0.29) is 0 Å². The van der Waals surface area contributed by atoms with E-state index in [4.69, 9.17) is 34.8 Å². The maximum absolute atomic E-state index is 5.83. The number of thiol groups is 1. The molecule has 1 aromatic carbocycles. The van der Waals surface area contributed by atoms with Gasteiger partial charge in [0.15, 0.2) is 0 Å². The Morgan fingerprint density at radius 2 is 1.80 bits per heavy atom. The highest BCUT2D eigenvalue weighted by Gasteiger charge is 2.23. The number of halogens is 3. The summed E-state index contributed by atoms with van der Waals surface area (Å²) >= 11 is 17.5. The summed E-state index contributed by atoms with van der Waals surface area (Å²) in [5, 5.41) is 4.28. The first-order chi connectivity index (χ1) is 7.07. The van der Waals surface area contributed by atoms with E-state index in [2.05, 4.69) is 16.9 Å². The van der Waals surface area contributed by atoms with Gasteiger partial charge >= 0.3 is 0 Å². The van der Waals surface area contributed by atoms with Crippen LogP contribution in [0.4, 0.5) is 0 Å². The van der Waals surface area contributed by atoms with Crippen LogP contribution in [0.15, 0.2) is 46.1 Å². The third-order valence-electron chi connectivity index (χ3n) is 2.00. The van der Waals surface area contributed by atoms with Crippen molar-refractivity contribution in [3.8, 4) is 0 Å². The Morgan fingerprint density at radius 1 is 1.13 bits per heavy atom. The molecule has 2 rings (SSSR count). The molecule has 0 amide bonds. The molecule has 0 bridgehead atoms. The van der Waals surface area contributed by atoms with Crippen molar-refractivity contribution in [3.05, 3.63) is 52.8 Å². The monoisotopic (exact) mass is 277 g/mol. The lowest BCUT2D eigenvalue weighted by atomic mass is 10.2. The van der Waals surface area contributed by atoms with Crippen LogP contribution in [0.5, 0.6) is 0 Å². The molecule has 1 aliphatic heterocycles. The molecule has 1 aliphatic rings. The lowest BCUT2D eigenvalue weighted by Gasteiger charge is -2.15. The van der Waals surface area contributed by atoms with Gasteiger partial charge in [-0.2, -0.15) is 10.9 Å². The van der Waals surface area contributed by atoms with E-state index in [0.29, 0.717) is 5.56 Å². The lowest BCUT2D eigenvalue weighted by Crippen LogP contribution is -1.99. The minimum Gasteiger partial charge on any atom is -0.186 e. The summed E-state index contributed by atoms with van der Waals surface area (Å²) < 4.78 is -1.35. The zero-order chi connectivity index (χ0) is 10.9. The molecule has 0 nitrogen and oxygen atoms in total. The quantitative estimate of drug-likeness (QED) is 0.558. The molecule has 0 aromatic heterocycles. The molecule has 79 valence electrons. The molecule has 1 radical (unpaired) electrons. The summed E-state index contributed by atoms with van der Waals surface area (Å²) in [7, 11) is -0.396. The predicted molar refractivity (Wildman–Crippen MR) is 70.0 cm³/mol. The lowest BCUT2D eigenvalue weighted by molar-refractivity contribution is 1.20. The third kappa shape index (κ3) is 2.73. The van der Waals surface area contributed by atoms with Gasteiger partial charge in [0, 0.05) is 10.5 Å². The molecule has 0 atom stereocenters. The van der Waals surface area contributed by atoms with Crippen molar-refractivity contribution in [3.63, 3.8) is 0 Å². The number of rotatable bonds is 1. The van der Waals surface area contributed by atoms with Gasteiger partial charge in [-0.25, -0.2) is 0 Å². The summed E-state index contributed by atoms with van der Waals surface area (Å²) in [5.41, 5.74) is 0.692. The summed E-state index contributed by atoms with van der Waals surface area (Å²) in [4.78, 5) is 1.08. The van der Waals surface area contributed by atoms with E-state index in [1.807, 2.05) is 18.2 Å². The van der Waals surface area contributed by atoms with E-state index in [9.17, 15) is 0 Å². The van der Waals surface area contributed by atoms with Crippen molar-refractivity contribution in [1.82, 2.24) is 0 Å². The van der Waals surface area contributed by atoms with Crippen molar-refractivity contribution >= 4 is 45.7 Å². The average Bonchev–Trinajstić information content (AvgIpc) is 2.69. The molecule has 0 fully saturated rings. The molecule has 0 unspecified atom stereocenters. The van der Waals surface area contributed by atoms with Gasteiger partial charge in [-0.15, -0.1) is 0 Å². The molecule has 0 spiro atoms. The van der Waals surface area contributed by atoms with Gasteiger partial charge in [0.2, 0.25) is 3.79 Å². The zero-order valence-electron chi connectivity index (χ0n) is 7.62. The van der Waals surface area contributed by atoms with Crippen LogP contribution in [0.3, 0.4) is 0 Å². The van der Waals surface area contributed by atoms with Crippen LogP contribution >= 0.6 is 45.7 Å². The second kappa shape index (κ2) is 4.42. The van der Waals surface area contributed by atoms with E-state index in [1.165, 1.54) is 0 Å². The van der Waals surface area contributed by atoms with Crippen LogP contribution in [0.2, 0.25) is 0 Å². The first-order valence-electron chi connectivity index (χ1n) is 4.29. The second-order valence-corrected chi connectivity index (χ2v) is 7.22. The number of allylic oxidation sites excluding steroid dienone is 2. The van der Waals surface area contributed by atoms with Crippen molar-refractivity contribution in [2.45, 2.75) is 8.69 Å². The Kier molecular flexibility index (Phi) is 3.36. The maximum Gasteiger partial charge on any atom is 0.216 e. The Hall–Kier alpha value is -0.0800. The first-order valence-corrected chi connectivity index (χ1v) is 6.91. The van der Waals surface area contributed by atoms with Gasteiger partial charge in [-0.1, -0.05) is 59.1 Å². The van der Waals surface area contributed by atoms with E-state index < -0.39 is 14.7 Å². The molecule has 1 heterocycles. The van der Waals surface area contributed by atoms with Crippen LogP contribution in [0, 0.1) is 6.07 Å². The maximum atomic E-state index is 5.83. The molecule has 15 heavy (non-hydrogen) atoms. The number of hydrogen-bond donors (Lipinski definition) is 1. The highest BCUT2D eigenvalue weighted by molar-refractivity contribution is 8.22. The first kappa shape index (κ1) is 11.4. The second-order valence-electron chi connectivity index (χ2n) is 3.05. The van der Waals surface area contributed by atoms with Crippen LogP contribution < -0.4 is 0 Å². The van der Waals surface area contributed by atoms with Gasteiger partial charge in [0.25, 0.3) is 0 Å². The van der Waals surface area contributed by atoms with Crippen LogP contribution in [0.1, 0.15) is 5.56 Å². The van der Waals surface area contributed by atoms with E-state index in [0.717, 1.165) is 4.90 Å². The molecular weight excluding hydrogens is 271 g/mol. The zero-order valence-corrected chi connectivity index (χ0v) is 10.8. The minimum atomic E-state index is -1.35. The van der Waals surface area contributed by atoms with Crippen LogP contribution in [-0.4, -0.2) is 0 Å². The number of hydrogen-bond acceptors (Lipinski definition) is 0. The fourth-order valence-corrected chi connectivity index (χ4v) is 3.13. The fraction of sp³-hybridized carbons (Fsp3) is 0.0909. The Bertz CT molecular complexity index is 406. The van der Waals surface area contributed by atoms with E-state index in [1.54, 1.807) is 12.1 Å². The van der Waals surface area contributed by atoms with Gasteiger partial charge in [-0.3, -0.25) is 0 Å². The highest BCUT2D eigenvalue weighted by atomic mass is 35.6. The number of benzene rings is 1. The summed E-state index contributed by atoms with van der Waals surface area (Å²) in [6, 6.07) is 8.65. The Morgan fingerprint density at radius 3 is 2.40 bits per heavy atom. The largest absolute Gasteiger partial charge is 0.216 e. The average molecular weight is 279 g/mol. The molecule has 1 aromatic rings. The summed E-state index contributed by atoms with van der Waals surface area (Å²) in [6.45, 7) is 0. The third-order valence-corrected chi connectivity index (χ3v) is 4.45. The van der Waals surface area contributed by atoms with E-state index >= 15 is 0 Å². The van der Waals surface area contributed by atoms with Crippen molar-refractivity contribution in [2.75, 3.05) is 0 Å². The predicted octanol–water partition coefficient (Wildman–Crippen LogP) is 4.71. The van der Waals surface area contributed by atoms with Gasteiger partial charge in [0.1, 0.15) is 0 Å². The van der Waals surface area contributed by atoms with Gasteiger partial charge in [0.05, 0.1) is 0 Å². The SMILES string of the molecule is ClC(Cl)(Cl)c1cc[c]c([SH]2C=CC=C2)c1. The summed E-state index contributed by atoms with van der Waals surface area (Å²) in [6.07, 6.45) is 4.06. The molecule has 0 aliphatic carbocycles. The standard InChI is InChI=1S/C11H8Cl3S/c12-11(13,14)9-4-3-5-10(8-9)15-6-1-2-7-15/h1-4,6-8,15H.